The topological polar surface area (TPSA) is 109 Å². The number of carbonyl (C=O) groups excluding carboxylic acids is 2. The van der Waals surface area contributed by atoms with E-state index in [1.165, 1.54) is 12.5 Å². The summed E-state index contributed by atoms with van der Waals surface area (Å²) in [4.78, 5) is 43.0. The van der Waals surface area contributed by atoms with Crippen LogP contribution >= 0.6 is 0 Å². The van der Waals surface area contributed by atoms with E-state index >= 15 is 0 Å². The minimum atomic E-state index is -0.357. The zero-order valence-electron chi connectivity index (χ0n) is 28.6. The fourth-order valence-electron chi connectivity index (χ4n) is 6.81. The van der Waals surface area contributed by atoms with Crippen LogP contribution in [0, 0.1) is 0 Å². The maximum absolute atomic E-state index is 13.5. The molecule has 0 radical (unpaired) electrons. The van der Waals surface area contributed by atoms with Crippen LogP contribution in [0.25, 0.3) is 11.1 Å². The highest BCUT2D eigenvalue weighted by atomic mass is 16.5. The van der Waals surface area contributed by atoms with E-state index in [0.29, 0.717) is 48.7 Å². The molecule has 0 bridgehead atoms. The number of carbonyl (C=O) groups is 2. The lowest BCUT2D eigenvalue weighted by molar-refractivity contribution is -0.133. The number of anilines is 1. The van der Waals surface area contributed by atoms with Crippen molar-refractivity contribution in [1.82, 2.24) is 15.1 Å². The lowest BCUT2D eigenvalue weighted by Crippen LogP contribution is -2.48. The minimum absolute atomic E-state index is 0.156. The normalized spacial score (nSPS) is 15.8. The number of ether oxygens (including phenoxy) is 3. The van der Waals surface area contributed by atoms with Gasteiger partial charge in [0.15, 0.2) is 11.5 Å². The van der Waals surface area contributed by atoms with E-state index in [1.807, 2.05) is 23.1 Å². The number of piperazine rings is 1. The quantitative estimate of drug-likeness (QED) is 0.243. The van der Waals surface area contributed by atoms with Gasteiger partial charge in [0.05, 0.1) is 33.1 Å². The molecule has 1 aliphatic heterocycles. The van der Waals surface area contributed by atoms with E-state index in [4.69, 9.17) is 14.2 Å². The van der Waals surface area contributed by atoms with E-state index in [1.54, 1.807) is 33.5 Å². The third-order valence-corrected chi connectivity index (χ3v) is 9.27. The molecule has 2 amide bonds. The van der Waals surface area contributed by atoms with Gasteiger partial charge in [-0.1, -0.05) is 42.8 Å². The highest BCUT2D eigenvalue weighted by molar-refractivity contribution is 5.83. The number of aryl methyl sites for hydroxylation is 1. The second-order valence-corrected chi connectivity index (χ2v) is 12.5. The molecule has 3 aromatic rings. The van der Waals surface area contributed by atoms with Gasteiger partial charge in [-0.05, 0) is 66.1 Å². The summed E-state index contributed by atoms with van der Waals surface area (Å²) in [5, 5.41) is 6.36. The number of hydrogen-bond donors (Lipinski definition) is 2. The number of nitrogens with zero attached hydrogens (tertiary/aromatic N) is 2. The number of nitrogens with one attached hydrogen (secondary N) is 2. The summed E-state index contributed by atoms with van der Waals surface area (Å²) in [5.74, 6) is 1.61. The Morgan fingerprint density at radius 3 is 2.31 bits per heavy atom. The van der Waals surface area contributed by atoms with Gasteiger partial charge in [0, 0.05) is 58.2 Å². The minimum Gasteiger partial charge on any atom is -0.493 e. The highest BCUT2D eigenvalue weighted by Gasteiger charge is 2.29. The van der Waals surface area contributed by atoms with Gasteiger partial charge in [-0.15, -0.1) is 0 Å². The summed E-state index contributed by atoms with van der Waals surface area (Å²) >= 11 is 0. The van der Waals surface area contributed by atoms with Gasteiger partial charge in [-0.3, -0.25) is 19.3 Å². The van der Waals surface area contributed by atoms with Crippen molar-refractivity contribution >= 4 is 17.5 Å². The number of hydrogen-bond acceptors (Lipinski definition) is 8. The molecule has 10 nitrogen and oxygen atoms in total. The Morgan fingerprint density at radius 1 is 0.875 bits per heavy atom. The molecule has 1 unspecified atom stereocenters. The van der Waals surface area contributed by atoms with Crippen molar-refractivity contribution in [3.05, 3.63) is 81.5 Å². The molecular weight excluding hydrogens is 608 g/mol. The summed E-state index contributed by atoms with van der Waals surface area (Å²) in [7, 11) is 4.74. The second kappa shape index (κ2) is 16.5. The Hall–Kier alpha value is -4.57. The van der Waals surface area contributed by atoms with Crippen molar-refractivity contribution < 1.29 is 23.8 Å². The van der Waals surface area contributed by atoms with Gasteiger partial charge < -0.3 is 29.7 Å². The van der Waals surface area contributed by atoms with Gasteiger partial charge in [0.1, 0.15) is 0 Å². The van der Waals surface area contributed by atoms with Crippen molar-refractivity contribution in [3.8, 4) is 28.4 Å². The van der Waals surface area contributed by atoms with Crippen LogP contribution in [0.1, 0.15) is 61.8 Å². The van der Waals surface area contributed by atoms with E-state index in [0.717, 1.165) is 74.2 Å². The Bertz CT molecular complexity index is 1640. The molecule has 256 valence electrons. The van der Waals surface area contributed by atoms with Crippen LogP contribution in [-0.2, 0) is 22.6 Å². The van der Waals surface area contributed by atoms with Crippen LogP contribution in [0.4, 0.5) is 5.69 Å². The molecule has 3 aromatic carbocycles. The van der Waals surface area contributed by atoms with Crippen LogP contribution in [-0.4, -0.2) is 75.7 Å². The lowest BCUT2D eigenvalue weighted by atomic mass is 9.95. The molecule has 0 spiro atoms. The first kappa shape index (κ1) is 34.8. The predicted octanol–water partition coefficient (Wildman–Crippen LogP) is 5.18. The average molecular weight is 657 g/mol. The molecule has 0 aromatic heterocycles. The van der Waals surface area contributed by atoms with Gasteiger partial charge in [-0.2, -0.15) is 0 Å². The Kier molecular flexibility index (Phi) is 11.9. The highest BCUT2D eigenvalue weighted by Crippen LogP contribution is 2.50. The van der Waals surface area contributed by atoms with Crippen LogP contribution in [0.5, 0.6) is 17.2 Å². The number of benzene rings is 2. The second-order valence-electron chi connectivity index (χ2n) is 12.5. The van der Waals surface area contributed by atoms with Crippen molar-refractivity contribution in [2.24, 2.45) is 0 Å². The molecule has 10 heteroatoms. The largest absolute Gasteiger partial charge is 0.493 e. The molecule has 5 rings (SSSR count). The average Bonchev–Trinajstić information content (AvgIpc) is 3.34. The molecule has 1 atom stereocenters. The Morgan fingerprint density at radius 2 is 1.62 bits per heavy atom. The maximum Gasteiger partial charge on any atom is 0.222 e. The van der Waals surface area contributed by atoms with Gasteiger partial charge >= 0.3 is 0 Å². The number of unbranched alkanes of at least 4 members (excludes halogenated alkanes) is 2. The van der Waals surface area contributed by atoms with E-state index < -0.39 is 0 Å². The maximum atomic E-state index is 13.5. The molecular formula is C38H48N4O6. The first-order valence-corrected chi connectivity index (χ1v) is 16.9. The summed E-state index contributed by atoms with van der Waals surface area (Å²) in [6.07, 6.45) is 4.31. The molecule has 1 fully saturated rings. The zero-order chi connectivity index (χ0) is 34.0. The molecule has 1 saturated heterocycles. The third kappa shape index (κ3) is 8.28. The SMILES string of the molecule is COc1cc2c(c(OC)c1OC)-c1ccc(NCCCCCC(=O)N3CCN(Cc4ccccc4)CC3)c(=O)cc1C(NC(C)=O)CC2. The number of rotatable bonds is 13. The van der Waals surface area contributed by atoms with Crippen molar-refractivity contribution in [2.45, 2.75) is 58.0 Å². The fourth-order valence-corrected chi connectivity index (χ4v) is 6.81. The van der Waals surface area contributed by atoms with E-state index in [-0.39, 0.29) is 23.3 Å². The van der Waals surface area contributed by atoms with Crippen LogP contribution in [0.15, 0.2) is 59.4 Å². The molecule has 2 aliphatic rings. The van der Waals surface area contributed by atoms with Crippen molar-refractivity contribution in [3.63, 3.8) is 0 Å². The van der Waals surface area contributed by atoms with Crippen LogP contribution < -0.4 is 30.3 Å². The lowest BCUT2D eigenvalue weighted by Gasteiger charge is -2.34. The van der Waals surface area contributed by atoms with Crippen LogP contribution in [0.2, 0.25) is 0 Å². The summed E-state index contributed by atoms with van der Waals surface area (Å²) in [6.45, 7) is 6.35. The van der Waals surface area contributed by atoms with Gasteiger partial charge in [0.25, 0.3) is 0 Å². The third-order valence-electron chi connectivity index (χ3n) is 9.27. The summed E-state index contributed by atoms with van der Waals surface area (Å²) < 4.78 is 17.2. The molecule has 0 saturated carbocycles. The van der Waals surface area contributed by atoms with E-state index in [9.17, 15) is 14.4 Å². The van der Waals surface area contributed by atoms with Gasteiger partial charge in [-0.25, -0.2) is 0 Å². The molecule has 1 heterocycles. The number of fused-ring (bicyclic) bond motifs is 3. The zero-order valence-corrected chi connectivity index (χ0v) is 28.6. The summed E-state index contributed by atoms with van der Waals surface area (Å²) in [5.41, 5.74) is 4.95. The van der Waals surface area contributed by atoms with Gasteiger partial charge in [0.2, 0.25) is 23.0 Å². The molecule has 48 heavy (non-hydrogen) atoms. The first-order valence-electron chi connectivity index (χ1n) is 16.9. The number of methoxy groups -OCH3 is 3. The Labute approximate surface area is 283 Å². The van der Waals surface area contributed by atoms with E-state index in [2.05, 4.69) is 39.8 Å². The standard InChI is InChI=1S/C38H48N4O6/c1-26(43)40-31-16-14-28-23-34(46-2)37(47-3)38(48-4)36(28)29-15-17-32(33(44)24-30(29)31)39-18-10-6-9-13-35(45)42-21-19-41(20-22-42)25-27-11-7-5-8-12-27/h5,7-8,11-12,15,17,23-24,31H,6,9-10,13-14,16,18-22,25H2,1-4H3,(H,39,44)(H,40,43). The predicted molar refractivity (Wildman–Crippen MR) is 188 cm³/mol. The first-order chi connectivity index (χ1) is 23.3. The monoisotopic (exact) mass is 656 g/mol. The van der Waals surface area contributed by atoms with Crippen molar-refractivity contribution in [2.75, 3.05) is 59.4 Å². The fraction of sp³-hybridized carbons (Fsp3) is 0.447. The molecule has 1 aliphatic carbocycles. The number of amides is 2. The van der Waals surface area contributed by atoms with Crippen LogP contribution in [0.3, 0.4) is 0 Å². The smallest absolute Gasteiger partial charge is 0.222 e. The van der Waals surface area contributed by atoms with Crippen molar-refractivity contribution in [1.29, 1.82) is 0 Å². The summed E-state index contributed by atoms with van der Waals surface area (Å²) in [6, 6.07) is 17.4. The Balaban J connectivity index is 1.20. The molecule has 2 N–H and O–H groups in total.